The molecule has 4 aromatic carbocycles. The number of nitrogens with one attached hydrogen (secondary N) is 2. The predicted octanol–water partition coefficient (Wildman–Crippen LogP) is 3.56. The lowest BCUT2D eigenvalue weighted by Crippen LogP contribution is -2.54. The third kappa shape index (κ3) is 7.45. The first-order chi connectivity index (χ1) is 21.2. The van der Waals surface area contributed by atoms with E-state index in [1.165, 1.54) is 0 Å². The van der Waals surface area contributed by atoms with Crippen molar-refractivity contribution in [2.75, 3.05) is 19.6 Å². The summed E-state index contributed by atoms with van der Waals surface area (Å²) >= 11 is 0. The fraction of sp³-hybridized carbons (Fsp3) is 0.294. The molecule has 0 radical (unpaired) electrons. The molecule has 1 heterocycles. The molecular weight excluding hydrogens is 572 g/mol. The number of fused-ring (bicyclic) bond motifs is 1. The molecule has 0 saturated carbocycles. The minimum absolute atomic E-state index is 0.0480. The number of sulfonamides is 1. The Labute approximate surface area is 259 Å². The maximum atomic E-state index is 14.2. The summed E-state index contributed by atoms with van der Waals surface area (Å²) in [4.78, 5) is 20.6. The molecule has 1 amide bonds. The second-order valence-corrected chi connectivity index (χ2v) is 12.9. The molecule has 0 aliphatic carbocycles. The van der Waals surface area contributed by atoms with Crippen molar-refractivity contribution < 1.29 is 13.2 Å². The van der Waals surface area contributed by atoms with Crippen LogP contribution in [0.5, 0.6) is 0 Å². The van der Waals surface area contributed by atoms with Gasteiger partial charge >= 0.3 is 0 Å². The van der Waals surface area contributed by atoms with Gasteiger partial charge in [0.2, 0.25) is 15.9 Å². The van der Waals surface area contributed by atoms with E-state index in [9.17, 15) is 13.2 Å². The monoisotopic (exact) mass is 612 g/mol. The second kappa shape index (κ2) is 14.0. The highest BCUT2D eigenvalue weighted by Crippen LogP contribution is 2.27. The van der Waals surface area contributed by atoms with E-state index in [1.807, 2.05) is 72.5 Å². The zero-order valence-electron chi connectivity index (χ0n) is 24.8. The van der Waals surface area contributed by atoms with E-state index in [1.54, 1.807) is 18.2 Å². The molecule has 6 N–H and O–H groups in total. The maximum absolute atomic E-state index is 14.2. The van der Waals surface area contributed by atoms with E-state index in [4.69, 9.17) is 11.5 Å². The van der Waals surface area contributed by atoms with Gasteiger partial charge in [-0.2, -0.15) is 0 Å². The molecule has 0 aromatic heterocycles. The van der Waals surface area contributed by atoms with Crippen LogP contribution >= 0.6 is 0 Å². The van der Waals surface area contributed by atoms with E-state index < -0.39 is 22.1 Å². The number of hydrogen-bond donors (Lipinski definition) is 4. The molecule has 1 aliphatic rings. The number of hydrogen-bond acceptors (Lipinski definition) is 5. The zero-order chi connectivity index (χ0) is 31.1. The number of guanidine groups is 1. The first kappa shape index (κ1) is 31.2. The van der Waals surface area contributed by atoms with Crippen LogP contribution in [0.15, 0.2) is 113 Å². The molecule has 10 heteroatoms. The van der Waals surface area contributed by atoms with Crippen molar-refractivity contribution in [1.29, 1.82) is 0 Å². The van der Waals surface area contributed by atoms with E-state index >= 15 is 0 Å². The van der Waals surface area contributed by atoms with Crippen molar-refractivity contribution in [1.82, 2.24) is 14.9 Å². The van der Waals surface area contributed by atoms with E-state index in [2.05, 4.69) is 39.3 Å². The van der Waals surface area contributed by atoms with Gasteiger partial charge in [0.05, 0.1) is 10.9 Å². The Hall–Kier alpha value is -4.25. The number of aliphatic imine (C=N–C) groups is 1. The van der Waals surface area contributed by atoms with E-state index in [0.29, 0.717) is 25.9 Å². The van der Waals surface area contributed by atoms with Crippen LogP contribution in [0.3, 0.4) is 0 Å². The largest absolute Gasteiger partial charge is 0.370 e. The lowest BCUT2D eigenvalue weighted by molar-refractivity contribution is -0.133. The van der Waals surface area contributed by atoms with Crippen LogP contribution in [0.25, 0.3) is 10.8 Å². The van der Waals surface area contributed by atoms with Gasteiger partial charge in [-0.15, -0.1) is 0 Å². The van der Waals surface area contributed by atoms with Crippen LogP contribution in [0.4, 0.5) is 0 Å². The first-order valence-corrected chi connectivity index (χ1v) is 16.5. The number of nitrogens with zero attached hydrogens (tertiary/aromatic N) is 2. The Morgan fingerprint density at radius 2 is 1.55 bits per heavy atom. The molecule has 1 fully saturated rings. The number of carbonyl (C=O) groups excluding carboxylic acids is 1. The van der Waals surface area contributed by atoms with Gasteiger partial charge in [-0.1, -0.05) is 97.9 Å². The summed E-state index contributed by atoms with van der Waals surface area (Å²) in [6.45, 7) is 2.93. The smallest absolute Gasteiger partial charge is 0.241 e. The number of amides is 1. The zero-order valence-corrected chi connectivity index (χ0v) is 25.7. The summed E-state index contributed by atoms with van der Waals surface area (Å²) in [6.07, 6.45) is 1.06. The van der Waals surface area contributed by atoms with Crippen molar-refractivity contribution in [2.24, 2.45) is 16.5 Å². The Morgan fingerprint density at radius 3 is 2.16 bits per heavy atom. The molecule has 1 saturated heterocycles. The van der Waals surface area contributed by atoms with Gasteiger partial charge in [-0.05, 0) is 46.9 Å². The number of carbonyl (C=O) groups is 1. The standard InChI is InChI=1S/C34H40N6O3S/c1-2-31(39-34(35)36)32-33(41)40(23-30(25-12-5-3-6-13-25)26-14-7-4-8-15-26)20-19-28(38-32)22-37-44(42,43)29-18-17-24-11-9-10-16-27(24)21-29/h3-18,21,28,30-32,37-38H,2,19-20,22-23H2,1H3,(H4,35,36,39)/t28-,31?,32-/m0/s1. The highest BCUT2D eigenvalue weighted by molar-refractivity contribution is 7.89. The topological polar surface area (TPSA) is 143 Å². The second-order valence-electron chi connectivity index (χ2n) is 11.2. The highest BCUT2D eigenvalue weighted by atomic mass is 32.2. The average Bonchev–Trinajstić information content (AvgIpc) is 3.20. The molecule has 1 aliphatic heterocycles. The third-order valence-corrected chi connectivity index (χ3v) is 9.64. The van der Waals surface area contributed by atoms with E-state index in [-0.39, 0.29) is 35.3 Å². The normalized spacial score (nSPS) is 18.2. The highest BCUT2D eigenvalue weighted by Gasteiger charge is 2.37. The van der Waals surface area contributed by atoms with Gasteiger partial charge in [0.15, 0.2) is 5.96 Å². The molecule has 44 heavy (non-hydrogen) atoms. The molecule has 5 rings (SSSR count). The van der Waals surface area contributed by atoms with Crippen LogP contribution < -0.4 is 21.5 Å². The van der Waals surface area contributed by atoms with Crippen molar-refractivity contribution in [2.45, 2.75) is 48.7 Å². The van der Waals surface area contributed by atoms with Gasteiger partial charge < -0.3 is 16.4 Å². The van der Waals surface area contributed by atoms with Crippen molar-refractivity contribution >= 4 is 32.7 Å². The molecule has 1 unspecified atom stereocenters. The van der Waals surface area contributed by atoms with Crippen LogP contribution in [0.2, 0.25) is 0 Å². The summed E-state index contributed by atoms with van der Waals surface area (Å²) < 4.78 is 29.4. The SMILES string of the molecule is CCC(N=C(N)N)[C@@H]1N[C@H](CNS(=O)(=O)c2ccc3ccccc3c2)CCN(CC(c2ccccc2)c2ccccc2)C1=O. The van der Waals surface area contributed by atoms with Crippen LogP contribution in [-0.2, 0) is 14.8 Å². The quantitative estimate of drug-likeness (QED) is 0.151. The summed E-state index contributed by atoms with van der Waals surface area (Å²) in [5, 5.41) is 5.23. The van der Waals surface area contributed by atoms with Crippen LogP contribution in [0, 0.1) is 0 Å². The Bertz CT molecular complexity index is 1650. The fourth-order valence-corrected chi connectivity index (χ4v) is 6.98. The van der Waals surface area contributed by atoms with Crippen LogP contribution in [-0.4, -0.2) is 62.9 Å². The molecule has 3 atom stereocenters. The molecular formula is C34H40N6O3S. The van der Waals surface area contributed by atoms with Gasteiger partial charge in [0.25, 0.3) is 0 Å². The lowest BCUT2D eigenvalue weighted by Gasteiger charge is -2.31. The summed E-state index contributed by atoms with van der Waals surface area (Å²) in [6, 6.07) is 31.4. The number of rotatable bonds is 11. The molecule has 4 aromatic rings. The van der Waals surface area contributed by atoms with Crippen molar-refractivity contribution in [3.8, 4) is 0 Å². The summed E-state index contributed by atoms with van der Waals surface area (Å²) in [5.41, 5.74) is 13.7. The van der Waals surface area contributed by atoms with E-state index in [0.717, 1.165) is 21.9 Å². The molecule has 230 valence electrons. The van der Waals surface area contributed by atoms with Gasteiger partial charge in [0.1, 0.15) is 6.04 Å². The van der Waals surface area contributed by atoms with Crippen molar-refractivity contribution in [3.63, 3.8) is 0 Å². The first-order valence-electron chi connectivity index (χ1n) is 15.0. The predicted molar refractivity (Wildman–Crippen MR) is 176 cm³/mol. The average molecular weight is 613 g/mol. The summed E-state index contributed by atoms with van der Waals surface area (Å²) in [7, 11) is -3.80. The molecule has 9 nitrogen and oxygen atoms in total. The third-order valence-electron chi connectivity index (χ3n) is 8.22. The Balaban J connectivity index is 1.40. The Kier molecular flexibility index (Phi) is 9.94. The van der Waals surface area contributed by atoms with Gasteiger partial charge in [0, 0.05) is 31.6 Å². The fourth-order valence-electron chi connectivity index (χ4n) is 5.86. The van der Waals surface area contributed by atoms with Gasteiger partial charge in [-0.3, -0.25) is 10.1 Å². The minimum atomic E-state index is -3.80. The minimum Gasteiger partial charge on any atom is -0.370 e. The summed E-state index contributed by atoms with van der Waals surface area (Å²) in [5.74, 6) is -0.256. The number of nitrogens with two attached hydrogens (primary N) is 2. The maximum Gasteiger partial charge on any atom is 0.241 e. The molecule has 0 spiro atoms. The van der Waals surface area contributed by atoms with Gasteiger partial charge in [-0.25, -0.2) is 18.1 Å². The Morgan fingerprint density at radius 1 is 0.932 bits per heavy atom. The molecule has 0 bridgehead atoms. The van der Waals surface area contributed by atoms with Crippen LogP contribution in [0.1, 0.15) is 36.8 Å². The van der Waals surface area contributed by atoms with Crippen molar-refractivity contribution in [3.05, 3.63) is 114 Å². The number of benzene rings is 4. The lowest BCUT2D eigenvalue weighted by atomic mass is 9.90.